The fourth-order valence-corrected chi connectivity index (χ4v) is 2.29. The van der Waals surface area contributed by atoms with Crippen LogP contribution in [0.2, 0.25) is 0 Å². The second-order valence-corrected chi connectivity index (χ2v) is 5.71. The monoisotopic (exact) mass is 361 g/mol. The van der Waals surface area contributed by atoms with Gasteiger partial charge in [-0.2, -0.15) is 5.10 Å². The number of likely N-dealkylation sites (N-methyl/N-ethyl adjacent to an activating group) is 1. The smallest absolute Gasteiger partial charge is 0.348 e. The van der Waals surface area contributed by atoms with Crippen LogP contribution in [0.3, 0.4) is 0 Å². The number of nitrogens with zero attached hydrogens (tertiary/aromatic N) is 3. The molecule has 112 valence electrons. The van der Waals surface area contributed by atoms with Crippen molar-refractivity contribution in [1.29, 1.82) is 0 Å². The van der Waals surface area contributed by atoms with Gasteiger partial charge in [-0.1, -0.05) is 28.1 Å². The number of benzene rings is 1. The summed E-state index contributed by atoms with van der Waals surface area (Å²) in [5.41, 5.74) is 0.927. The fourth-order valence-electron chi connectivity index (χ4n) is 2.03. The van der Waals surface area contributed by atoms with Crippen molar-refractivity contribution < 1.29 is 14.0 Å². The highest BCUT2D eigenvalue weighted by molar-refractivity contribution is 9.10. The van der Waals surface area contributed by atoms with Gasteiger partial charge in [0.2, 0.25) is 0 Å². The Morgan fingerprint density at radius 3 is 2.55 bits per heavy atom. The number of imide groups is 1. The van der Waals surface area contributed by atoms with E-state index in [1.165, 1.54) is 11.1 Å². The first-order valence-electron chi connectivity index (χ1n) is 6.52. The molecule has 1 aromatic heterocycles. The largest absolute Gasteiger partial charge is 0.455 e. The Kier molecular flexibility index (Phi) is 3.81. The normalized spacial score (nSPS) is 15.4. The number of carbonyl (C=O) groups is 2. The number of hydrogen-bond donors (Lipinski definition) is 0. The molecular formula is C15H12BrN3O3. The Hall–Kier alpha value is -2.41. The Morgan fingerprint density at radius 1 is 1.18 bits per heavy atom. The molecule has 0 N–H and O–H groups in total. The first-order valence-corrected chi connectivity index (χ1v) is 7.32. The van der Waals surface area contributed by atoms with Gasteiger partial charge in [0.15, 0.2) is 0 Å². The molecule has 22 heavy (non-hydrogen) atoms. The average Bonchev–Trinajstić information content (AvgIpc) is 3.05. The maximum atomic E-state index is 11.7. The summed E-state index contributed by atoms with van der Waals surface area (Å²) in [6, 6.07) is 10.8. The molecule has 1 aromatic carbocycles. The lowest BCUT2D eigenvalue weighted by atomic mass is 10.2. The van der Waals surface area contributed by atoms with Gasteiger partial charge >= 0.3 is 6.03 Å². The van der Waals surface area contributed by atoms with Crippen molar-refractivity contribution in [2.45, 2.75) is 0 Å². The van der Waals surface area contributed by atoms with Gasteiger partial charge in [0.05, 0.1) is 6.21 Å². The number of carbonyl (C=O) groups excluding carboxylic acids is 2. The van der Waals surface area contributed by atoms with E-state index in [1.54, 1.807) is 13.1 Å². The third-order valence-corrected chi connectivity index (χ3v) is 3.70. The summed E-state index contributed by atoms with van der Waals surface area (Å²) in [5.74, 6) is 0.793. The topological polar surface area (TPSA) is 66.1 Å². The van der Waals surface area contributed by atoms with Gasteiger partial charge in [-0.15, -0.1) is 5.01 Å². The summed E-state index contributed by atoms with van der Waals surface area (Å²) in [4.78, 5) is 24.6. The van der Waals surface area contributed by atoms with Crippen LogP contribution in [0.15, 0.2) is 50.4 Å². The van der Waals surface area contributed by atoms with Crippen LogP contribution >= 0.6 is 15.9 Å². The third-order valence-electron chi connectivity index (χ3n) is 3.17. The molecule has 0 saturated carbocycles. The van der Waals surface area contributed by atoms with Crippen LogP contribution in [0, 0.1) is 0 Å². The van der Waals surface area contributed by atoms with Crippen LogP contribution in [0.25, 0.3) is 11.3 Å². The van der Waals surface area contributed by atoms with Gasteiger partial charge in [-0.3, -0.25) is 4.79 Å². The molecule has 3 amide bonds. The molecule has 7 heteroatoms. The van der Waals surface area contributed by atoms with Crippen molar-refractivity contribution in [3.63, 3.8) is 0 Å². The number of urea groups is 1. The first-order chi connectivity index (χ1) is 10.5. The highest BCUT2D eigenvalue weighted by atomic mass is 79.9. The standard InChI is InChI=1S/C15H12BrN3O3/c1-18-9-14(20)19(15(18)21)17-8-12-6-7-13(22-12)10-2-4-11(16)5-3-10/h2-8H,9H2,1H3/b17-8+. The molecule has 1 saturated heterocycles. The summed E-state index contributed by atoms with van der Waals surface area (Å²) < 4.78 is 6.63. The highest BCUT2D eigenvalue weighted by Crippen LogP contribution is 2.23. The van der Waals surface area contributed by atoms with Crippen molar-refractivity contribution in [2.24, 2.45) is 5.10 Å². The molecule has 1 fully saturated rings. The molecule has 1 aliphatic heterocycles. The van der Waals surface area contributed by atoms with E-state index in [4.69, 9.17) is 4.42 Å². The fraction of sp³-hybridized carbons (Fsp3) is 0.133. The number of furan rings is 1. The molecule has 3 rings (SSSR count). The molecule has 6 nitrogen and oxygen atoms in total. The maximum absolute atomic E-state index is 11.7. The van der Waals surface area contributed by atoms with Crippen molar-refractivity contribution in [2.75, 3.05) is 13.6 Å². The molecule has 0 unspecified atom stereocenters. The van der Waals surface area contributed by atoms with Crippen LogP contribution in [-0.4, -0.2) is 41.7 Å². The van der Waals surface area contributed by atoms with Gasteiger partial charge in [-0.05, 0) is 24.3 Å². The molecule has 0 spiro atoms. The second-order valence-electron chi connectivity index (χ2n) is 4.80. The van der Waals surface area contributed by atoms with Crippen LogP contribution in [0.1, 0.15) is 5.76 Å². The molecule has 0 aliphatic carbocycles. The summed E-state index contributed by atoms with van der Waals surface area (Å²) in [7, 11) is 1.55. The summed E-state index contributed by atoms with van der Waals surface area (Å²) in [6.07, 6.45) is 1.36. The quantitative estimate of drug-likeness (QED) is 0.623. The zero-order chi connectivity index (χ0) is 15.7. The van der Waals surface area contributed by atoms with Gasteiger partial charge in [-0.25, -0.2) is 4.79 Å². The van der Waals surface area contributed by atoms with Gasteiger partial charge in [0.1, 0.15) is 18.1 Å². The SMILES string of the molecule is CN1CC(=O)N(/N=C/c2ccc(-c3ccc(Br)cc3)o2)C1=O. The predicted molar refractivity (Wildman–Crippen MR) is 84.3 cm³/mol. The molecule has 1 aliphatic rings. The van der Waals surface area contributed by atoms with E-state index in [-0.39, 0.29) is 12.5 Å². The molecular weight excluding hydrogens is 350 g/mol. The number of hydrazone groups is 1. The summed E-state index contributed by atoms with van der Waals surface area (Å²) in [5, 5.41) is 4.73. The average molecular weight is 362 g/mol. The Labute approximate surface area is 135 Å². The predicted octanol–water partition coefficient (Wildman–Crippen LogP) is 2.94. The molecule has 0 radical (unpaired) electrons. The Balaban J connectivity index is 1.77. The van der Waals surface area contributed by atoms with E-state index in [0.29, 0.717) is 11.5 Å². The van der Waals surface area contributed by atoms with E-state index in [0.717, 1.165) is 15.0 Å². The van der Waals surface area contributed by atoms with Gasteiger partial charge < -0.3 is 9.32 Å². The minimum absolute atomic E-state index is 0.0401. The Morgan fingerprint density at radius 2 is 1.91 bits per heavy atom. The van der Waals surface area contributed by atoms with Crippen molar-refractivity contribution in [1.82, 2.24) is 9.91 Å². The number of amides is 3. The molecule has 2 aromatic rings. The molecule has 0 atom stereocenters. The minimum atomic E-state index is -0.444. The van der Waals surface area contributed by atoms with E-state index in [2.05, 4.69) is 21.0 Å². The lowest BCUT2D eigenvalue weighted by molar-refractivity contribution is -0.125. The third kappa shape index (κ3) is 2.80. The van der Waals surface area contributed by atoms with Gasteiger partial charge in [0, 0.05) is 17.1 Å². The zero-order valence-corrected chi connectivity index (χ0v) is 13.3. The summed E-state index contributed by atoms with van der Waals surface area (Å²) in [6.45, 7) is 0.0401. The van der Waals surface area contributed by atoms with Crippen molar-refractivity contribution >= 4 is 34.1 Å². The van der Waals surface area contributed by atoms with Crippen LogP contribution in [-0.2, 0) is 4.79 Å². The number of rotatable bonds is 3. The maximum Gasteiger partial charge on any atom is 0.348 e. The van der Waals surface area contributed by atoms with Crippen LogP contribution < -0.4 is 0 Å². The van der Waals surface area contributed by atoms with Gasteiger partial charge in [0.25, 0.3) is 5.91 Å². The summed E-state index contributed by atoms with van der Waals surface area (Å²) >= 11 is 3.38. The number of halogens is 1. The van der Waals surface area contributed by atoms with Crippen LogP contribution in [0.4, 0.5) is 4.79 Å². The second kappa shape index (κ2) is 5.76. The lowest BCUT2D eigenvalue weighted by Crippen LogP contribution is -2.26. The van der Waals surface area contributed by atoms with Crippen LogP contribution in [0.5, 0.6) is 0 Å². The Bertz CT molecular complexity index is 752. The lowest BCUT2D eigenvalue weighted by Gasteiger charge is -2.06. The minimum Gasteiger partial charge on any atom is -0.455 e. The van der Waals surface area contributed by atoms with Crippen molar-refractivity contribution in [3.05, 3.63) is 46.6 Å². The number of hydrogen-bond acceptors (Lipinski definition) is 4. The first kappa shape index (κ1) is 14.5. The van der Waals surface area contributed by atoms with Crippen molar-refractivity contribution in [3.8, 4) is 11.3 Å². The molecule has 0 bridgehead atoms. The highest BCUT2D eigenvalue weighted by Gasteiger charge is 2.33. The van der Waals surface area contributed by atoms with E-state index >= 15 is 0 Å². The van der Waals surface area contributed by atoms with E-state index < -0.39 is 6.03 Å². The molecule has 2 heterocycles. The van der Waals surface area contributed by atoms with E-state index in [9.17, 15) is 9.59 Å². The zero-order valence-electron chi connectivity index (χ0n) is 11.7. The van der Waals surface area contributed by atoms with E-state index in [1.807, 2.05) is 30.3 Å².